The molecule has 0 amide bonds. The molecular weight excluding hydrogens is 290 g/mol. The summed E-state index contributed by atoms with van der Waals surface area (Å²) >= 11 is 7.82. The number of hydrogen-bond donors (Lipinski definition) is 2. The number of nitrogens with one attached hydrogen (secondary N) is 1. The second-order valence-corrected chi connectivity index (χ2v) is 6.43. The zero-order chi connectivity index (χ0) is 14.2. The summed E-state index contributed by atoms with van der Waals surface area (Å²) in [5.41, 5.74) is 2.05. The van der Waals surface area contributed by atoms with Crippen molar-refractivity contribution < 1.29 is 5.11 Å². The van der Waals surface area contributed by atoms with E-state index in [0.717, 1.165) is 21.8 Å². The number of rotatable bonds is 2. The van der Waals surface area contributed by atoms with Crippen LogP contribution < -0.4 is 5.32 Å². The summed E-state index contributed by atoms with van der Waals surface area (Å²) in [6.45, 7) is 0.471. The number of aliphatic hydroxyl groups is 1. The Morgan fingerprint density at radius 1 is 1.25 bits per heavy atom. The van der Waals surface area contributed by atoms with Crippen LogP contribution in [-0.4, -0.2) is 18.7 Å². The molecule has 1 aliphatic heterocycles. The smallest absolute Gasteiger partial charge is 0.128 e. The third-order valence-corrected chi connectivity index (χ3v) is 5.01. The lowest BCUT2D eigenvalue weighted by Gasteiger charge is -2.30. The van der Waals surface area contributed by atoms with Gasteiger partial charge in [0.1, 0.15) is 5.60 Å². The monoisotopic (exact) mass is 305 g/mol. The first-order valence-electron chi connectivity index (χ1n) is 6.53. The van der Waals surface area contributed by atoms with Gasteiger partial charge in [-0.15, -0.1) is 11.8 Å². The number of fused-ring (bicyclic) bond motifs is 2. The minimum Gasteiger partial charge on any atom is -0.379 e. The molecule has 0 aliphatic carbocycles. The van der Waals surface area contributed by atoms with Crippen LogP contribution in [0.5, 0.6) is 0 Å². The minimum absolute atomic E-state index is 0.471. The molecule has 1 atom stereocenters. The molecule has 4 heteroatoms. The van der Waals surface area contributed by atoms with Crippen molar-refractivity contribution in [2.45, 2.75) is 16.2 Å². The van der Waals surface area contributed by atoms with E-state index in [0.29, 0.717) is 11.6 Å². The van der Waals surface area contributed by atoms with Crippen LogP contribution in [0, 0.1) is 0 Å². The highest BCUT2D eigenvalue weighted by molar-refractivity contribution is 7.98. The predicted octanol–water partition coefficient (Wildman–Crippen LogP) is 3.40. The third kappa shape index (κ3) is 2.25. The molecule has 0 saturated heterocycles. The zero-order valence-electron chi connectivity index (χ0n) is 11.2. The molecular formula is C16H16ClNOS. The van der Waals surface area contributed by atoms with Gasteiger partial charge >= 0.3 is 0 Å². The first-order chi connectivity index (χ1) is 9.65. The van der Waals surface area contributed by atoms with Crippen molar-refractivity contribution in [1.29, 1.82) is 0 Å². The molecule has 0 fully saturated rings. The first kappa shape index (κ1) is 14.0. The van der Waals surface area contributed by atoms with Crippen LogP contribution in [0.1, 0.15) is 16.7 Å². The van der Waals surface area contributed by atoms with Crippen molar-refractivity contribution in [3.8, 4) is 0 Å². The molecule has 1 aliphatic rings. The SMILES string of the molecule is CNCC1(O)c2ccccc2CSc2cc(Cl)ccc21. The van der Waals surface area contributed by atoms with E-state index in [2.05, 4.69) is 11.4 Å². The third-order valence-electron chi connectivity index (χ3n) is 3.67. The molecule has 2 nitrogen and oxygen atoms in total. The maximum Gasteiger partial charge on any atom is 0.128 e. The number of halogens is 1. The summed E-state index contributed by atoms with van der Waals surface area (Å²) < 4.78 is 0. The Balaban J connectivity index is 2.25. The van der Waals surface area contributed by atoms with Gasteiger partial charge in [0.2, 0.25) is 0 Å². The van der Waals surface area contributed by atoms with Crippen LogP contribution in [0.4, 0.5) is 0 Å². The van der Waals surface area contributed by atoms with Crippen molar-refractivity contribution in [2.24, 2.45) is 0 Å². The van der Waals surface area contributed by atoms with Crippen molar-refractivity contribution in [3.05, 3.63) is 64.2 Å². The van der Waals surface area contributed by atoms with Gasteiger partial charge < -0.3 is 10.4 Å². The number of hydrogen-bond acceptors (Lipinski definition) is 3. The largest absolute Gasteiger partial charge is 0.379 e. The summed E-state index contributed by atoms with van der Waals surface area (Å²) in [7, 11) is 1.86. The highest BCUT2D eigenvalue weighted by Gasteiger charge is 2.36. The quantitative estimate of drug-likeness (QED) is 0.892. The van der Waals surface area contributed by atoms with E-state index < -0.39 is 5.60 Å². The molecule has 0 aromatic heterocycles. The van der Waals surface area contributed by atoms with Gasteiger partial charge in [0.15, 0.2) is 0 Å². The molecule has 0 spiro atoms. The summed E-state index contributed by atoms with van der Waals surface area (Å²) in [5, 5.41) is 15.1. The Morgan fingerprint density at radius 3 is 2.85 bits per heavy atom. The van der Waals surface area contributed by atoms with Gasteiger partial charge in [-0.2, -0.15) is 0 Å². The molecule has 2 aromatic rings. The Kier molecular flexibility index (Phi) is 3.78. The van der Waals surface area contributed by atoms with Crippen LogP contribution in [-0.2, 0) is 11.4 Å². The number of likely N-dealkylation sites (N-methyl/N-ethyl adjacent to an activating group) is 1. The first-order valence-corrected chi connectivity index (χ1v) is 7.89. The van der Waals surface area contributed by atoms with Crippen LogP contribution in [0.15, 0.2) is 47.4 Å². The molecule has 20 heavy (non-hydrogen) atoms. The van der Waals surface area contributed by atoms with Crippen molar-refractivity contribution in [1.82, 2.24) is 5.32 Å². The van der Waals surface area contributed by atoms with E-state index in [4.69, 9.17) is 11.6 Å². The normalized spacial score (nSPS) is 20.9. The zero-order valence-corrected chi connectivity index (χ0v) is 12.8. The van der Waals surface area contributed by atoms with Gasteiger partial charge in [0.25, 0.3) is 0 Å². The summed E-state index contributed by atoms with van der Waals surface area (Å²) in [6.07, 6.45) is 0. The lowest BCUT2D eigenvalue weighted by molar-refractivity contribution is 0.0793. The standard InChI is InChI=1S/C16H16ClNOS/c1-18-10-16(19)13-5-3-2-4-11(13)9-20-15-8-12(17)6-7-14(15)16/h2-8,18-19H,9-10H2,1H3. The highest BCUT2D eigenvalue weighted by Crippen LogP contribution is 2.43. The van der Waals surface area contributed by atoms with Gasteiger partial charge in [0, 0.05) is 27.8 Å². The molecule has 1 heterocycles. The van der Waals surface area contributed by atoms with E-state index in [1.807, 2.05) is 43.4 Å². The van der Waals surface area contributed by atoms with E-state index in [-0.39, 0.29) is 0 Å². The molecule has 2 aromatic carbocycles. The predicted molar refractivity (Wildman–Crippen MR) is 84.4 cm³/mol. The molecule has 104 valence electrons. The number of thioether (sulfide) groups is 1. The lowest BCUT2D eigenvalue weighted by Crippen LogP contribution is -2.38. The van der Waals surface area contributed by atoms with E-state index in [1.165, 1.54) is 5.56 Å². The van der Waals surface area contributed by atoms with Gasteiger partial charge in [-0.3, -0.25) is 0 Å². The average molecular weight is 306 g/mol. The second kappa shape index (κ2) is 5.41. The highest BCUT2D eigenvalue weighted by atomic mass is 35.5. The molecule has 2 N–H and O–H groups in total. The summed E-state index contributed by atoms with van der Waals surface area (Å²) in [6, 6.07) is 13.8. The van der Waals surface area contributed by atoms with Crippen LogP contribution >= 0.6 is 23.4 Å². The van der Waals surface area contributed by atoms with Gasteiger partial charge in [-0.1, -0.05) is 41.9 Å². The average Bonchev–Trinajstić information content (AvgIpc) is 2.56. The van der Waals surface area contributed by atoms with Gasteiger partial charge in [-0.25, -0.2) is 0 Å². The van der Waals surface area contributed by atoms with E-state index in [9.17, 15) is 5.11 Å². The Hall–Kier alpha value is -1.00. The second-order valence-electron chi connectivity index (χ2n) is 4.98. The molecule has 0 radical (unpaired) electrons. The van der Waals surface area contributed by atoms with E-state index in [1.54, 1.807) is 11.8 Å². The summed E-state index contributed by atoms with van der Waals surface area (Å²) in [5.74, 6) is 0.843. The van der Waals surface area contributed by atoms with E-state index >= 15 is 0 Å². The van der Waals surface area contributed by atoms with Crippen molar-refractivity contribution in [2.75, 3.05) is 13.6 Å². The molecule has 3 rings (SSSR count). The Morgan fingerprint density at radius 2 is 2.05 bits per heavy atom. The summed E-state index contributed by atoms with van der Waals surface area (Å²) in [4.78, 5) is 1.05. The van der Waals surface area contributed by atoms with Crippen molar-refractivity contribution in [3.63, 3.8) is 0 Å². The fourth-order valence-electron chi connectivity index (χ4n) is 2.75. The van der Waals surface area contributed by atoms with Gasteiger partial charge in [-0.05, 0) is 30.3 Å². The van der Waals surface area contributed by atoms with Gasteiger partial charge in [0.05, 0.1) is 0 Å². The molecule has 0 bridgehead atoms. The fraction of sp³-hybridized carbons (Fsp3) is 0.250. The Labute approximate surface area is 128 Å². The number of benzene rings is 2. The molecule has 0 saturated carbocycles. The van der Waals surface area contributed by atoms with Crippen LogP contribution in [0.2, 0.25) is 5.02 Å². The maximum absolute atomic E-state index is 11.3. The Bertz CT molecular complexity index is 646. The topological polar surface area (TPSA) is 32.3 Å². The van der Waals surface area contributed by atoms with Crippen LogP contribution in [0.25, 0.3) is 0 Å². The van der Waals surface area contributed by atoms with Crippen LogP contribution in [0.3, 0.4) is 0 Å². The van der Waals surface area contributed by atoms with Crippen molar-refractivity contribution >= 4 is 23.4 Å². The maximum atomic E-state index is 11.3. The minimum atomic E-state index is -1.02. The fourth-order valence-corrected chi connectivity index (χ4v) is 4.16. The molecule has 1 unspecified atom stereocenters. The lowest BCUT2D eigenvalue weighted by atomic mass is 9.84.